The number of carboxylic acid groups (broad SMARTS) is 1. The van der Waals surface area contributed by atoms with Gasteiger partial charge in [0.2, 0.25) is 0 Å². The van der Waals surface area contributed by atoms with Crippen molar-refractivity contribution in [3.05, 3.63) is 0 Å². The van der Waals surface area contributed by atoms with E-state index in [1.54, 1.807) is 0 Å². The summed E-state index contributed by atoms with van der Waals surface area (Å²) >= 11 is 0. The number of rotatable bonds is 3. The normalized spacial score (nSPS) is 13.3. The van der Waals surface area contributed by atoms with Crippen molar-refractivity contribution < 1.29 is 9.90 Å². The van der Waals surface area contributed by atoms with E-state index >= 15 is 0 Å². The van der Waals surface area contributed by atoms with Crippen LogP contribution in [0.1, 0.15) is 40.5 Å². The summed E-state index contributed by atoms with van der Waals surface area (Å²) in [5, 5.41) is 10.2. The van der Waals surface area contributed by atoms with Crippen molar-refractivity contribution in [2.24, 2.45) is 11.3 Å². The van der Waals surface area contributed by atoms with Crippen LogP contribution in [0.25, 0.3) is 0 Å². The van der Waals surface area contributed by atoms with E-state index in [0.29, 0.717) is 0 Å². The molecule has 0 heterocycles. The molecule has 70 valence electrons. The minimum absolute atomic E-state index is 0. The molecule has 3 heteroatoms. The zero-order valence-corrected chi connectivity index (χ0v) is 12.2. The first-order valence-corrected chi connectivity index (χ1v) is 4.01. The van der Waals surface area contributed by atoms with Gasteiger partial charge >= 0.3 is 0 Å². The summed E-state index contributed by atoms with van der Waals surface area (Å²) in [7, 11) is 0. The van der Waals surface area contributed by atoms with Gasteiger partial charge in [0.1, 0.15) is 0 Å². The van der Waals surface area contributed by atoms with Gasteiger partial charge in [0.25, 0.3) is 0 Å². The summed E-state index contributed by atoms with van der Waals surface area (Å²) in [6.45, 7) is 8.28. The van der Waals surface area contributed by atoms with Gasteiger partial charge in [0, 0.05) is 33.3 Å². The number of aliphatic carboxylic acids is 1. The molecule has 0 aliphatic rings. The van der Waals surface area contributed by atoms with Crippen LogP contribution < -0.4 is 5.11 Å². The van der Waals surface area contributed by atoms with Crippen molar-refractivity contribution in [2.45, 2.75) is 40.5 Å². The van der Waals surface area contributed by atoms with E-state index in [4.69, 9.17) is 0 Å². The van der Waals surface area contributed by atoms with Crippen LogP contribution in [-0.4, -0.2) is 33.3 Å². The fourth-order valence-electron chi connectivity index (χ4n) is 1.40. The number of carbonyl (C=O) groups is 1. The van der Waals surface area contributed by atoms with Gasteiger partial charge in [-0.1, -0.05) is 27.7 Å². The molecule has 0 aromatic carbocycles. The largest absolute Gasteiger partial charge is 0.550 e. The van der Waals surface area contributed by atoms with Crippen LogP contribution in [0.4, 0.5) is 0 Å². The third-order valence-corrected chi connectivity index (χ3v) is 1.48. The van der Waals surface area contributed by atoms with Crippen LogP contribution in [0.3, 0.4) is 0 Å². The molecule has 0 amide bonds. The predicted molar refractivity (Wildman–Crippen MR) is 48.6 cm³/mol. The first-order valence-electron chi connectivity index (χ1n) is 4.01. The van der Waals surface area contributed by atoms with Gasteiger partial charge < -0.3 is 9.90 Å². The summed E-state index contributed by atoms with van der Waals surface area (Å²) in [6, 6.07) is 0. The molecule has 0 saturated heterocycles. The van der Waals surface area contributed by atoms with Gasteiger partial charge in [-0.3, -0.25) is 0 Å². The van der Waals surface area contributed by atoms with Crippen molar-refractivity contribution in [3.63, 3.8) is 0 Å². The summed E-state index contributed by atoms with van der Waals surface area (Å²) in [5.74, 6) is -0.721. The van der Waals surface area contributed by atoms with Crippen molar-refractivity contribution in [1.82, 2.24) is 0 Å². The maximum Gasteiger partial charge on any atom is 0.0416 e. The van der Waals surface area contributed by atoms with Gasteiger partial charge in [0.05, 0.1) is 0 Å². The first-order chi connectivity index (χ1) is 4.81. The van der Waals surface area contributed by atoms with Crippen LogP contribution in [0.2, 0.25) is 0 Å². The minimum Gasteiger partial charge on any atom is -0.550 e. The Kier molecular flexibility index (Phi) is 7.37. The Balaban J connectivity index is 0. The number of hydrogen-bond donors (Lipinski definition) is 0. The molecule has 12 heavy (non-hydrogen) atoms. The average Bonchev–Trinajstić information content (AvgIpc) is 1.53. The molecule has 0 fully saturated rings. The maximum atomic E-state index is 10.2. The van der Waals surface area contributed by atoms with Crippen LogP contribution in [0, 0.1) is 11.3 Å². The minimum atomic E-state index is -0.943. The molecule has 0 saturated carbocycles. The molecule has 0 spiro atoms. The SMILES string of the molecule is CC(CC(=O)[O-])CC(C)(C)C.[Pb]. The Morgan fingerprint density at radius 3 is 2.08 bits per heavy atom. The van der Waals surface area contributed by atoms with E-state index in [-0.39, 0.29) is 45.1 Å². The molecule has 0 aliphatic carbocycles. The van der Waals surface area contributed by atoms with E-state index in [1.807, 2.05) is 6.92 Å². The fourth-order valence-corrected chi connectivity index (χ4v) is 1.40. The Hall–Kier alpha value is 0.392. The van der Waals surface area contributed by atoms with Crippen LogP contribution in [0.5, 0.6) is 0 Å². The van der Waals surface area contributed by atoms with E-state index < -0.39 is 5.97 Å². The molecule has 1 atom stereocenters. The molecule has 1 unspecified atom stereocenters. The average molecular weight is 364 g/mol. The molecule has 0 N–H and O–H groups in total. The Labute approximate surface area is 94.9 Å². The second kappa shape index (κ2) is 5.94. The van der Waals surface area contributed by atoms with Gasteiger partial charge in [-0.05, 0) is 24.2 Å². The molecule has 2 nitrogen and oxygen atoms in total. The van der Waals surface area contributed by atoms with Crippen LogP contribution in [-0.2, 0) is 4.79 Å². The van der Waals surface area contributed by atoms with Crippen molar-refractivity contribution >= 4 is 33.3 Å². The topological polar surface area (TPSA) is 40.1 Å². The molecule has 0 bridgehead atoms. The van der Waals surface area contributed by atoms with Gasteiger partial charge in [-0.25, -0.2) is 0 Å². The smallest absolute Gasteiger partial charge is 0.0416 e. The number of carbonyl (C=O) groups excluding carboxylic acids is 1. The van der Waals surface area contributed by atoms with Crippen LogP contribution >= 0.6 is 0 Å². The quantitative estimate of drug-likeness (QED) is 0.696. The molecule has 0 aromatic heterocycles. The molecular weight excluding hydrogens is 347 g/mol. The van der Waals surface area contributed by atoms with Crippen molar-refractivity contribution in [1.29, 1.82) is 0 Å². The van der Waals surface area contributed by atoms with Gasteiger partial charge in [-0.15, -0.1) is 0 Å². The Morgan fingerprint density at radius 1 is 1.42 bits per heavy atom. The van der Waals surface area contributed by atoms with E-state index in [1.165, 1.54) is 0 Å². The molecular formula is C9H17O2Pb-. The van der Waals surface area contributed by atoms with Crippen LogP contribution in [0.15, 0.2) is 0 Å². The second-order valence-electron chi connectivity index (χ2n) is 4.45. The molecule has 4 radical (unpaired) electrons. The fraction of sp³-hybridized carbons (Fsp3) is 0.889. The summed E-state index contributed by atoms with van der Waals surface area (Å²) in [5.41, 5.74) is 0.217. The Morgan fingerprint density at radius 2 is 1.83 bits per heavy atom. The summed E-state index contributed by atoms with van der Waals surface area (Å²) < 4.78 is 0. The van der Waals surface area contributed by atoms with Crippen molar-refractivity contribution in [3.8, 4) is 0 Å². The van der Waals surface area contributed by atoms with Crippen molar-refractivity contribution in [2.75, 3.05) is 0 Å². The van der Waals surface area contributed by atoms with Gasteiger partial charge in [0.15, 0.2) is 0 Å². The second-order valence-corrected chi connectivity index (χ2v) is 4.45. The molecule has 0 aromatic rings. The first kappa shape index (κ1) is 14.9. The zero-order valence-electron chi connectivity index (χ0n) is 8.31. The maximum absolute atomic E-state index is 10.2. The molecule has 0 aliphatic heterocycles. The summed E-state index contributed by atoms with van der Waals surface area (Å²) in [6.07, 6.45) is 1.11. The van der Waals surface area contributed by atoms with E-state index in [0.717, 1.165) is 6.42 Å². The standard InChI is InChI=1S/C9H18O2.Pb/c1-7(5-8(10)11)6-9(2,3)4;/h7H,5-6H2,1-4H3,(H,10,11);/p-1. The van der Waals surface area contributed by atoms with E-state index in [9.17, 15) is 9.90 Å². The van der Waals surface area contributed by atoms with Gasteiger partial charge in [-0.2, -0.15) is 0 Å². The summed E-state index contributed by atoms with van der Waals surface area (Å²) in [4.78, 5) is 10.2. The van der Waals surface area contributed by atoms with E-state index in [2.05, 4.69) is 20.8 Å². The zero-order chi connectivity index (χ0) is 9.07. The third-order valence-electron chi connectivity index (χ3n) is 1.48. The Bertz CT molecular complexity index is 138. The third kappa shape index (κ3) is 10.4. The molecule has 0 rings (SSSR count). The number of carboxylic acids is 1. The predicted octanol–water partition coefficient (Wildman–Crippen LogP) is 0.818. The number of hydrogen-bond acceptors (Lipinski definition) is 2. The monoisotopic (exact) mass is 365 g/mol.